The minimum atomic E-state index is -3.90. The first-order valence-corrected chi connectivity index (χ1v) is 12.1. The van der Waals surface area contributed by atoms with Crippen molar-refractivity contribution in [1.82, 2.24) is 10.3 Å². The average Bonchev–Trinajstić information content (AvgIpc) is 3.17. The SMILES string of the molecule is O=C(NCc1nc2ccccc2s1)c1cccc(NS(=O)(=O)c2ccc(Cl)c(Cl)c2)c1. The largest absolute Gasteiger partial charge is 0.346 e. The summed E-state index contributed by atoms with van der Waals surface area (Å²) in [7, 11) is -3.90. The lowest BCUT2D eigenvalue weighted by Crippen LogP contribution is -2.23. The molecule has 2 N–H and O–H groups in total. The maximum atomic E-state index is 12.6. The number of anilines is 1. The van der Waals surface area contributed by atoms with E-state index in [1.165, 1.54) is 35.6 Å². The van der Waals surface area contributed by atoms with E-state index in [0.29, 0.717) is 5.56 Å². The van der Waals surface area contributed by atoms with E-state index in [4.69, 9.17) is 23.2 Å². The molecule has 0 saturated carbocycles. The summed E-state index contributed by atoms with van der Waals surface area (Å²) >= 11 is 13.3. The number of nitrogens with zero attached hydrogens (tertiary/aromatic N) is 1. The highest BCUT2D eigenvalue weighted by Gasteiger charge is 2.17. The minimum absolute atomic E-state index is 0.0346. The summed E-state index contributed by atoms with van der Waals surface area (Å²) in [4.78, 5) is 17.0. The van der Waals surface area contributed by atoms with Gasteiger partial charge in [0.2, 0.25) is 0 Å². The van der Waals surface area contributed by atoms with Crippen molar-refractivity contribution in [2.24, 2.45) is 0 Å². The number of benzene rings is 3. The van der Waals surface area contributed by atoms with Crippen molar-refractivity contribution in [3.8, 4) is 0 Å². The molecular weight excluding hydrogens is 477 g/mol. The number of rotatable bonds is 6. The van der Waals surface area contributed by atoms with Gasteiger partial charge in [0.15, 0.2) is 0 Å². The normalized spacial score (nSPS) is 11.4. The van der Waals surface area contributed by atoms with E-state index in [1.807, 2.05) is 24.3 Å². The predicted molar refractivity (Wildman–Crippen MR) is 125 cm³/mol. The van der Waals surface area contributed by atoms with Crippen molar-refractivity contribution in [3.05, 3.63) is 87.3 Å². The molecule has 10 heteroatoms. The zero-order valence-electron chi connectivity index (χ0n) is 15.8. The molecule has 4 aromatic rings. The van der Waals surface area contributed by atoms with Crippen LogP contribution in [-0.4, -0.2) is 19.3 Å². The molecule has 0 saturated heterocycles. The van der Waals surface area contributed by atoms with E-state index in [2.05, 4.69) is 15.0 Å². The van der Waals surface area contributed by atoms with Crippen molar-refractivity contribution < 1.29 is 13.2 Å². The minimum Gasteiger partial charge on any atom is -0.346 e. The molecule has 1 aromatic heterocycles. The van der Waals surface area contributed by atoms with Crippen molar-refractivity contribution in [2.75, 3.05) is 4.72 Å². The quantitative estimate of drug-likeness (QED) is 0.381. The molecule has 1 heterocycles. The van der Waals surface area contributed by atoms with Gasteiger partial charge in [-0.05, 0) is 48.5 Å². The third-order valence-corrected chi connectivity index (χ3v) is 7.47. The Balaban J connectivity index is 1.46. The van der Waals surface area contributed by atoms with Crippen LogP contribution in [0.15, 0.2) is 71.6 Å². The fourth-order valence-electron chi connectivity index (χ4n) is 2.84. The molecule has 0 spiro atoms. The fourth-order valence-corrected chi connectivity index (χ4v) is 5.18. The number of fused-ring (bicyclic) bond motifs is 1. The Hall–Kier alpha value is -2.65. The number of aromatic nitrogens is 1. The predicted octanol–water partition coefficient (Wildman–Crippen LogP) is 5.33. The van der Waals surface area contributed by atoms with Gasteiger partial charge in [0, 0.05) is 11.3 Å². The van der Waals surface area contributed by atoms with Crippen LogP contribution in [0.2, 0.25) is 10.0 Å². The Kier molecular flexibility index (Phi) is 6.15. The third-order valence-electron chi connectivity index (χ3n) is 4.32. The van der Waals surface area contributed by atoms with Crippen LogP contribution in [0.3, 0.4) is 0 Å². The molecule has 3 aromatic carbocycles. The lowest BCUT2D eigenvalue weighted by atomic mass is 10.2. The summed E-state index contributed by atoms with van der Waals surface area (Å²) in [6.45, 7) is 0.275. The van der Waals surface area contributed by atoms with Crippen molar-refractivity contribution in [1.29, 1.82) is 0 Å². The molecule has 158 valence electrons. The zero-order chi connectivity index (χ0) is 22.0. The van der Waals surface area contributed by atoms with Crippen LogP contribution in [0.5, 0.6) is 0 Å². The van der Waals surface area contributed by atoms with Gasteiger partial charge >= 0.3 is 0 Å². The maximum absolute atomic E-state index is 12.6. The average molecular weight is 492 g/mol. The van der Waals surface area contributed by atoms with Gasteiger partial charge in [0.05, 0.1) is 31.7 Å². The van der Waals surface area contributed by atoms with Crippen molar-refractivity contribution >= 4 is 66.4 Å². The smallest absolute Gasteiger partial charge is 0.261 e. The van der Waals surface area contributed by atoms with Crippen molar-refractivity contribution in [2.45, 2.75) is 11.4 Å². The summed E-state index contributed by atoms with van der Waals surface area (Å²) in [6.07, 6.45) is 0. The number of halogens is 2. The number of hydrogen-bond acceptors (Lipinski definition) is 5. The monoisotopic (exact) mass is 491 g/mol. The van der Waals surface area contributed by atoms with E-state index in [-0.39, 0.29) is 33.1 Å². The first kappa shape index (κ1) is 21.6. The highest BCUT2D eigenvalue weighted by atomic mass is 35.5. The maximum Gasteiger partial charge on any atom is 0.261 e. The lowest BCUT2D eigenvalue weighted by Gasteiger charge is -2.10. The van der Waals surface area contributed by atoms with Crippen LogP contribution in [0.25, 0.3) is 10.2 Å². The molecule has 4 rings (SSSR count). The molecule has 6 nitrogen and oxygen atoms in total. The number of hydrogen-bond donors (Lipinski definition) is 2. The second kappa shape index (κ2) is 8.84. The molecule has 0 atom stereocenters. The second-order valence-corrected chi connectivity index (χ2v) is 10.1. The molecule has 0 fully saturated rings. The number of sulfonamides is 1. The van der Waals surface area contributed by atoms with Gasteiger partial charge in [-0.2, -0.15) is 0 Å². The highest BCUT2D eigenvalue weighted by molar-refractivity contribution is 7.92. The lowest BCUT2D eigenvalue weighted by molar-refractivity contribution is 0.0951. The van der Waals surface area contributed by atoms with Crippen LogP contribution in [0, 0.1) is 0 Å². The van der Waals surface area contributed by atoms with Crippen molar-refractivity contribution in [3.63, 3.8) is 0 Å². The Morgan fingerprint density at radius 1 is 0.968 bits per heavy atom. The van der Waals surface area contributed by atoms with Gasteiger partial charge < -0.3 is 5.32 Å². The Morgan fingerprint density at radius 2 is 1.77 bits per heavy atom. The number of nitrogens with one attached hydrogen (secondary N) is 2. The first-order chi connectivity index (χ1) is 14.8. The summed E-state index contributed by atoms with van der Waals surface area (Å²) in [5.41, 5.74) is 1.45. The Bertz CT molecular complexity index is 1350. The topological polar surface area (TPSA) is 88.2 Å². The second-order valence-electron chi connectivity index (χ2n) is 6.52. The number of amides is 1. The van der Waals surface area contributed by atoms with E-state index in [0.717, 1.165) is 15.2 Å². The number of carbonyl (C=O) groups excluding carboxylic acids is 1. The molecule has 0 aliphatic heterocycles. The number of carbonyl (C=O) groups is 1. The summed E-state index contributed by atoms with van der Waals surface area (Å²) < 4.78 is 28.7. The molecule has 1 amide bonds. The van der Waals surface area contributed by atoms with Gasteiger partial charge in [0.25, 0.3) is 15.9 Å². The van der Waals surface area contributed by atoms with E-state index in [9.17, 15) is 13.2 Å². The van der Waals surface area contributed by atoms with Gasteiger partial charge in [-0.25, -0.2) is 13.4 Å². The third kappa shape index (κ3) is 4.99. The van der Waals surface area contributed by atoms with E-state index >= 15 is 0 Å². The molecule has 0 aliphatic carbocycles. The summed E-state index contributed by atoms with van der Waals surface area (Å²) in [5, 5.41) is 3.98. The van der Waals surface area contributed by atoms with Gasteiger partial charge in [-0.1, -0.05) is 41.4 Å². The fraction of sp³-hybridized carbons (Fsp3) is 0.0476. The molecule has 0 unspecified atom stereocenters. The number of thiazole rings is 1. The molecular formula is C21H15Cl2N3O3S2. The van der Waals surface area contributed by atoms with Crippen LogP contribution < -0.4 is 10.0 Å². The van der Waals surface area contributed by atoms with Crippen LogP contribution in [0.4, 0.5) is 5.69 Å². The van der Waals surface area contributed by atoms with E-state index in [1.54, 1.807) is 18.2 Å². The Morgan fingerprint density at radius 3 is 2.55 bits per heavy atom. The van der Waals surface area contributed by atoms with Gasteiger partial charge in [-0.3, -0.25) is 9.52 Å². The highest BCUT2D eigenvalue weighted by Crippen LogP contribution is 2.26. The van der Waals surface area contributed by atoms with Crippen LogP contribution >= 0.6 is 34.5 Å². The Labute approximate surface area is 192 Å². The molecule has 0 radical (unpaired) electrons. The first-order valence-electron chi connectivity index (χ1n) is 9.02. The summed E-state index contributed by atoms with van der Waals surface area (Å²) in [6, 6.07) is 18.0. The molecule has 0 aliphatic rings. The zero-order valence-corrected chi connectivity index (χ0v) is 18.9. The van der Waals surface area contributed by atoms with Crippen LogP contribution in [0.1, 0.15) is 15.4 Å². The van der Waals surface area contributed by atoms with Gasteiger partial charge in [-0.15, -0.1) is 11.3 Å². The number of para-hydroxylation sites is 1. The molecule has 31 heavy (non-hydrogen) atoms. The van der Waals surface area contributed by atoms with Crippen LogP contribution in [-0.2, 0) is 16.6 Å². The van der Waals surface area contributed by atoms with E-state index < -0.39 is 10.0 Å². The van der Waals surface area contributed by atoms with Gasteiger partial charge in [0.1, 0.15) is 5.01 Å². The summed E-state index contributed by atoms with van der Waals surface area (Å²) in [5.74, 6) is -0.338. The standard InChI is InChI=1S/C21H15Cl2N3O3S2/c22-16-9-8-15(11-17(16)23)31(28,29)26-14-5-3-4-13(10-14)21(27)24-12-20-25-18-6-1-2-7-19(18)30-20/h1-11,26H,12H2,(H,24,27). The molecule has 0 bridgehead atoms.